The first-order valence-corrected chi connectivity index (χ1v) is 6.91. The lowest BCUT2D eigenvalue weighted by molar-refractivity contribution is -0.137. The highest BCUT2D eigenvalue weighted by atomic mass is 16.2. The second-order valence-corrected chi connectivity index (χ2v) is 5.29. The van der Waals surface area contributed by atoms with Gasteiger partial charge < -0.3 is 10.2 Å². The van der Waals surface area contributed by atoms with Gasteiger partial charge in [-0.3, -0.25) is 9.59 Å². The van der Waals surface area contributed by atoms with Crippen molar-refractivity contribution >= 4 is 11.8 Å². The van der Waals surface area contributed by atoms with Crippen LogP contribution in [-0.2, 0) is 16.1 Å². The number of benzene rings is 1. The molecule has 2 amide bonds. The fourth-order valence-corrected chi connectivity index (χ4v) is 2.01. The van der Waals surface area contributed by atoms with Crippen molar-refractivity contribution in [2.45, 2.75) is 46.3 Å². The SMILES string of the molecule is CC(=O)NC(C)C(=O)N(Cc1ccc(C#N)cc1)C(C)C. The summed E-state index contributed by atoms with van der Waals surface area (Å²) in [6.07, 6.45) is 0. The van der Waals surface area contributed by atoms with Crippen LogP contribution < -0.4 is 5.32 Å². The van der Waals surface area contributed by atoms with Gasteiger partial charge in [0, 0.05) is 19.5 Å². The highest BCUT2D eigenvalue weighted by Crippen LogP contribution is 2.11. The third-order valence-electron chi connectivity index (χ3n) is 3.13. The average molecular weight is 287 g/mol. The van der Waals surface area contributed by atoms with E-state index in [1.54, 1.807) is 24.0 Å². The quantitative estimate of drug-likeness (QED) is 0.897. The van der Waals surface area contributed by atoms with Crippen LogP contribution in [0.3, 0.4) is 0 Å². The second-order valence-electron chi connectivity index (χ2n) is 5.29. The molecule has 0 bridgehead atoms. The van der Waals surface area contributed by atoms with Gasteiger partial charge >= 0.3 is 0 Å². The Morgan fingerprint density at radius 1 is 1.24 bits per heavy atom. The molecule has 21 heavy (non-hydrogen) atoms. The van der Waals surface area contributed by atoms with Crippen LogP contribution in [0.1, 0.15) is 38.8 Å². The minimum absolute atomic E-state index is 0.0179. The average Bonchev–Trinajstić information content (AvgIpc) is 2.43. The van der Waals surface area contributed by atoms with Crippen molar-refractivity contribution in [3.8, 4) is 6.07 Å². The van der Waals surface area contributed by atoms with Crippen LogP contribution in [-0.4, -0.2) is 28.8 Å². The van der Waals surface area contributed by atoms with E-state index in [1.807, 2.05) is 26.0 Å². The van der Waals surface area contributed by atoms with E-state index in [0.29, 0.717) is 12.1 Å². The van der Waals surface area contributed by atoms with Crippen LogP contribution in [0.5, 0.6) is 0 Å². The Bertz CT molecular complexity index is 544. The molecule has 1 rings (SSSR count). The topological polar surface area (TPSA) is 73.2 Å². The molecular weight excluding hydrogens is 266 g/mol. The van der Waals surface area contributed by atoms with Gasteiger partial charge in [-0.1, -0.05) is 12.1 Å². The van der Waals surface area contributed by atoms with Crippen molar-refractivity contribution in [3.05, 3.63) is 35.4 Å². The van der Waals surface area contributed by atoms with E-state index in [-0.39, 0.29) is 17.9 Å². The third-order valence-corrected chi connectivity index (χ3v) is 3.13. The first kappa shape index (κ1) is 16.7. The minimum atomic E-state index is -0.553. The maximum Gasteiger partial charge on any atom is 0.245 e. The van der Waals surface area contributed by atoms with Crippen molar-refractivity contribution in [2.75, 3.05) is 0 Å². The molecule has 0 aliphatic carbocycles. The first-order valence-electron chi connectivity index (χ1n) is 6.91. The molecule has 0 aliphatic heterocycles. The summed E-state index contributed by atoms with van der Waals surface area (Å²) >= 11 is 0. The summed E-state index contributed by atoms with van der Waals surface area (Å²) in [5, 5.41) is 11.4. The summed E-state index contributed by atoms with van der Waals surface area (Å²) in [5.74, 6) is -0.345. The molecule has 5 heteroatoms. The predicted octanol–water partition coefficient (Wildman–Crippen LogP) is 1.82. The monoisotopic (exact) mass is 287 g/mol. The molecule has 0 saturated heterocycles. The number of hydrogen-bond acceptors (Lipinski definition) is 3. The Morgan fingerprint density at radius 3 is 2.24 bits per heavy atom. The van der Waals surface area contributed by atoms with E-state index in [9.17, 15) is 9.59 Å². The zero-order valence-electron chi connectivity index (χ0n) is 12.9. The van der Waals surface area contributed by atoms with Gasteiger partial charge in [-0.25, -0.2) is 0 Å². The number of nitriles is 1. The van der Waals surface area contributed by atoms with Crippen LogP contribution in [0.25, 0.3) is 0 Å². The Morgan fingerprint density at radius 2 is 1.81 bits per heavy atom. The summed E-state index contributed by atoms with van der Waals surface area (Å²) in [7, 11) is 0. The van der Waals surface area contributed by atoms with Crippen LogP contribution in [0, 0.1) is 11.3 Å². The number of rotatable bonds is 5. The number of amides is 2. The molecule has 112 valence electrons. The van der Waals surface area contributed by atoms with Crippen LogP contribution in [0.4, 0.5) is 0 Å². The van der Waals surface area contributed by atoms with Gasteiger partial charge in [-0.2, -0.15) is 5.26 Å². The molecule has 1 atom stereocenters. The van der Waals surface area contributed by atoms with E-state index in [0.717, 1.165) is 5.56 Å². The zero-order valence-corrected chi connectivity index (χ0v) is 12.9. The van der Waals surface area contributed by atoms with Gasteiger partial charge in [0.05, 0.1) is 11.6 Å². The molecule has 1 aromatic carbocycles. The van der Waals surface area contributed by atoms with Crippen molar-refractivity contribution in [2.24, 2.45) is 0 Å². The highest BCUT2D eigenvalue weighted by Gasteiger charge is 2.23. The van der Waals surface area contributed by atoms with Gasteiger partial charge in [-0.15, -0.1) is 0 Å². The molecule has 0 aromatic heterocycles. The summed E-state index contributed by atoms with van der Waals surface area (Å²) in [4.78, 5) is 25.2. The number of nitrogens with zero attached hydrogens (tertiary/aromatic N) is 2. The Labute approximate surface area is 125 Å². The number of hydrogen-bond donors (Lipinski definition) is 1. The molecule has 1 aromatic rings. The molecule has 1 unspecified atom stereocenters. The fourth-order valence-electron chi connectivity index (χ4n) is 2.01. The predicted molar refractivity (Wildman–Crippen MR) is 80.1 cm³/mol. The molecule has 0 heterocycles. The van der Waals surface area contributed by atoms with Crippen molar-refractivity contribution in [1.82, 2.24) is 10.2 Å². The van der Waals surface area contributed by atoms with Gasteiger partial charge in [0.2, 0.25) is 11.8 Å². The molecule has 5 nitrogen and oxygen atoms in total. The highest BCUT2D eigenvalue weighted by molar-refractivity contribution is 5.86. The maximum absolute atomic E-state index is 12.4. The molecule has 0 saturated carbocycles. The smallest absolute Gasteiger partial charge is 0.245 e. The summed E-state index contributed by atoms with van der Waals surface area (Å²) < 4.78 is 0. The lowest BCUT2D eigenvalue weighted by Crippen LogP contribution is -2.48. The third kappa shape index (κ3) is 4.92. The van der Waals surface area contributed by atoms with E-state index in [1.165, 1.54) is 6.92 Å². The van der Waals surface area contributed by atoms with Crippen LogP contribution in [0.2, 0.25) is 0 Å². The Balaban J connectivity index is 2.84. The fraction of sp³-hybridized carbons (Fsp3) is 0.438. The second kappa shape index (κ2) is 7.44. The lowest BCUT2D eigenvalue weighted by atomic mass is 10.1. The normalized spacial score (nSPS) is 11.6. The van der Waals surface area contributed by atoms with E-state index in [4.69, 9.17) is 5.26 Å². The number of nitrogens with one attached hydrogen (secondary N) is 1. The molecule has 0 radical (unpaired) electrons. The molecule has 0 aliphatic rings. The lowest BCUT2D eigenvalue weighted by Gasteiger charge is -2.29. The summed E-state index contributed by atoms with van der Waals surface area (Å²) in [6.45, 7) is 7.39. The van der Waals surface area contributed by atoms with Gasteiger partial charge in [0.15, 0.2) is 0 Å². The zero-order chi connectivity index (χ0) is 16.0. The maximum atomic E-state index is 12.4. The molecule has 0 spiro atoms. The number of carbonyl (C=O) groups is 2. The minimum Gasteiger partial charge on any atom is -0.345 e. The van der Waals surface area contributed by atoms with Crippen molar-refractivity contribution < 1.29 is 9.59 Å². The van der Waals surface area contributed by atoms with E-state index >= 15 is 0 Å². The van der Waals surface area contributed by atoms with E-state index < -0.39 is 6.04 Å². The molecule has 1 N–H and O–H groups in total. The van der Waals surface area contributed by atoms with Gasteiger partial charge in [0.1, 0.15) is 6.04 Å². The Kier molecular flexibility index (Phi) is 5.92. The van der Waals surface area contributed by atoms with Crippen molar-refractivity contribution in [1.29, 1.82) is 5.26 Å². The summed E-state index contributed by atoms with van der Waals surface area (Å²) in [5.41, 5.74) is 1.54. The molecule has 0 fully saturated rings. The Hall–Kier alpha value is -2.35. The largest absolute Gasteiger partial charge is 0.345 e. The summed E-state index contributed by atoms with van der Waals surface area (Å²) in [6, 6.07) is 8.67. The van der Waals surface area contributed by atoms with Crippen molar-refractivity contribution in [3.63, 3.8) is 0 Å². The van der Waals surface area contributed by atoms with Gasteiger partial charge in [-0.05, 0) is 38.5 Å². The first-order chi connectivity index (χ1) is 9.85. The number of carbonyl (C=O) groups excluding carboxylic acids is 2. The molecular formula is C16H21N3O2. The van der Waals surface area contributed by atoms with E-state index in [2.05, 4.69) is 11.4 Å². The van der Waals surface area contributed by atoms with Gasteiger partial charge in [0.25, 0.3) is 0 Å². The standard InChI is InChI=1S/C16H21N3O2/c1-11(2)19(16(21)12(3)18-13(4)20)10-15-7-5-14(9-17)6-8-15/h5-8,11-12H,10H2,1-4H3,(H,18,20). The van der Waals surface area contributed by atoms with Crippen LogP contribution in [0.15, 0.2) is 24.3 Å². The van der Waals surface area contributed by atoms with Crippen LogP contribution >= 0.6 is 0 Å².